The minimum atomic E-state index is -2.88. The SMILES string of the molecule is CS(=O)(=O)CCCN=C(N)NC1CCCCCC1. The van der Waals surface area contributed by atoms with Crippen molar-refractivity contribution in [3.05, 3.63) is 0 Å². The molecule has 1 rings (SSSR count). The van der Waals surface area contributed by atoms with Gasteiger partial charge in [-0.25, -0.2) is 8.42 Å². The number of aliphatic imine (C=N–C) groups is 1. The Morgan fingerprint density at radius 3 is 2.44 bits per heavy atom. The second-order valence-corrected chi connectivity index (χ2v) is 7.34. The molecule has 18 heavy (non-hydrogen) atoms. The third-order valence-electron chi connectivity index (χ3n) is 3.16. The van der Waals surface area contributed by atoms with Gasteiger partial charge in [0.25, 0.3) is 0 Å². The fourth-order valence-corrected chi connectivity index (χ4v) is 2.86. The summed E-state index contributed by atoms with van der Waals surface area (Å²) in [5.41, 5.74) is 5.79. The summed E-state index contributed by atoms with van der Waals surface area (Å²) in [7, 11) is -2.88. The van der Waals surface area contributed by atoms with Gasteiger partial charge in [0.05, 0.1) is 5.75 Å². The molecule has 0 aromatic rings. The van der Waals surface area contributed by atoms with Crippen LogP contribution in [0.3, 0.4) is 0 Å². The van der Waals surface area contributed by atoms with E-state index in [1.54, 1.807) is 0 Å². The smallest absolute Gasteiger partial charge is 0.188 e. The molecule has 0 saturated heterocycles. The summed E-state index contributed by atoms with van der Waals surface area (Å²) in [4.78, 5) is 4.17. The minimum Gasteiger partial charge on any atom is -0.370 e. The van der Waals surface area contributed by atoms with Gasteiger partial charge in [0.15, 0.2) is 5.96 Å². The van der Waals surface area contributed by atoms with Gasteiger partial charge in [-0.2, -0.15) is 0 Å². The fourth-order valence-electron chi connectivity index (χ4n) is 2.20. The standard InChI is InChI=1S/C12H25N3O2S/c1-18(16,17)10-6-9-14-12(13)15-11-7-4-2-3-5-8-11/h11H,2-10H2,1H3,(H3,13,14,15). The van der Waals surface area contributed by atoms with Gasteiger partial charge >= 0.3 is 0 Å². The topological polar surface area (TPSA) is 84.5 Å². The molecule has 1 aliphatic carbocycles. The number of guanidine groups is 1. The third-order valence-corrected chi connectivity index (χ3v) is 4.19. The Morgan fingerprint density at radius 2 is 1.89 bits per heavy atom. The maximum Gasteiger partial charge on any atom is 0.188 e. The monoisotopic (exact) mass is 275 g/mol. The van der Waals surface area contributed by atoms with E-state index in [0.29, 0.717) is 25.0 Å². The predicted octanol–water partition coefficient (Wildman–Crippen LogP) is 1.05. The summed E-state index contributed by atoms with van der Waals surface area (Å²) in [6.07, 6.45) is 9.19. The molecule has 5 nitrogen and oxygen atoms in total. The normalized spacial score (nSPS) is 19.5. The van der Waals surface area contributed by atoms with Crippen LogP contribution in [0.5, 0.6) is 0 Å². The molecule has 0 spiro atoms. The molecule has 0 bridgehead atoms. The number of nitrogens with one attached hydrogen (secondary N) is 1. The van der Waals surface area contributed by atoms with Gasteiger partial charge in [-0.3, -0.25) is 4.99 Å². The number of hydrogen-bond donors (Lipinski definition) is 2. The summed E-state index contributed by atoms with van der Waals surface area (Å²) in [5, 5.41) is 3.23. The van der Waals surface area contributed by atoms with Gasteiger partial charge in [0, 0.05) is 18.8 Å². The highest BCUT2D eigenvalue weighted by Gasteiger charge is 2.12. The highest BCUT2D eigenvalue weighted by molar-refractivity contribution is 7.90. The van der Waals surface area contributed by atoms with Crippen molar-refractivity contribution in [2.24, 2.45) is 10.7 Å². The molecule has 0 radical (unpaired) electrons. The summed E-state index contributed by atoms with van der Waals surface area (Å²) < 4.78 is 21.9. The molecule has 0 heterocycles. The first kappa shape index (κ1) is 15.3. The first-order valence-electron chi connectivity index (χ1n) is 6.71. The van der Waals surface area contributed by atoms with E-state index < -0.39 is 9.84 Å². The predicted molar refractivity (Wildman–Crippen MR) is 75.4 cm³/mol. The van der Waals surface area contributed by atoms with Crippen LogP contribution in [0, 0.1) is 0 Å². The van der Waals surface area contributed by atoms with Gasteiger partial charge in [-0.1, -0.05) is 25.7 Å². The average Bonchev–Trinajstić information content (AvgIpc) is 2.52. The van der Waals surface area contributed by atoms with Crippen molar-refractivity contribution in [3.8, 4) is 0 Å². The number of nitrogens with zero attached hydrogens (tertiary/aromatic N) is 1. The minimum absolute atomic E-state index is 0.174. The molecule has 1 fully saturated rings. The van der Waals surface area contributed by atoms with Crippen LogP contribution >= 0.6 is 0 Å². The van der Waals surface area contributed by atoms with Crippen LogP contribution in [-0.4, -0.2) is 39.0 Å². The Balaban J connectivity index is 2.24. The van der Waals surface area contributed by atoms with Crippen LogP contribution < -0.4 is 11.1 Å². The number of nitrogens with two attached hydrogens (primary N) is 1. The lowest BCUT2D eigenvalue weighted by atomic mass is 10.1. The lowest BCUT2D eigenvalue weighted by Gasteiger charge is -2.16. The van der Waals surface area contributed by atoms with Gasteiger partial charge in [0.1, 0.15) is 9.84 Å². The Kier molecular flexibility index (Phi) is 6.46. The van der Waals surface area contributed by atoms with E-state index in [4.69, 9.17) is 5.73 Å². The van der Waals surface area contributed by atoms with Gasteiger partial charge < -0.3 is 11.1 Å². The van der Waals surface area contributed by atoms with Crippen LogP contribution in [0.25, 0.3) is 0 Å². The van der Waals surface area contributed by atoms with Gasteiger partial charge in [-0.05, 0) is 19.3 Å². The largest absolute Gasteiger partial charge is 0.370 e. The van der Waals surface area contributed by atoms with E-state index in [2.05, 4.69) is 10.3 Å². The molecular formula is C12H25N3O2S. The third kappa shape index (κ3) is 7.53. The highest BCUT2D eigenvalue weighted by Crippen LogP contribution is 2.16. The molecule has 1 aliphatic rings. The van der Waals surface area contributed by atoms with E-state index >= 15 is 0 Å². The van der Waals surface area contributed by atoms with Crippen molar-refractivity contribution in [2.75, 3.05) is 18.6 Å². The number of hydrogen-bond acceptors (Lipinski definition) is 3. The summed E-state index contributed by atoms with van der Waals surface area (Å²) in [5.74, 6) is 0.628. The zero-order chi connectivity index (χ0) is 13.4. The molecule has 1 saturated carbocycles. The maximum atomic E-state index is 10.9. The van der Waals surface area contributed by atoms with E-state index in [0.717, 1.165) is 12.8 Å². The molecule has 0 atom stereocenters. The summed E-state index contributed by atoms with van der Waals surface area (Å²) >= 11 is 0. The number of sulfone groups is 1. The molecule has 0 unspecified atom stereocenters. The van der Waals surface area contributed by atoms with Crippen molar-refractivity contribution in [2.45, 2.75) is 51.0 Å². The van der Waals surface area contributed by atoms with Gasteiger partial charge in [0.2, 0.25) is 0 Å². The van der Waals surface area contributed by atoms with Crippen LogP contribution in [0.4, 0.5) is 0 Å². The summed E-state index contributed by atoms with van der Waals surface area (Å²) in [6.45, 7) is 0.471. The Labute approximate surface area is 110 Å². The Morgan fingerprint density at radius 1 is 1.28 bits per heavy atom. The summed E-state index contributed by atoms with van der Waals surface area (Å²) in [6, 6.07) is 0.436. The lowest BCUT2D eigenvalue weighted by Crippen LogP contribution is -2.39. The molecule has 6 heteroatoms. The van der Waals surface area contributed by atoms with Crippen molar-refractivity contribution in [1.29, 1.82) is 0 Å². The van der Waals surface area contributed by atoms with E-state index in [1.165, 1.54) is 31.9 Å². The van der Waals surface area contributed by atoms with Crippen LogP contribution in [-0.2, 0) is 9.84 Å². The highest BCUT2D eigenvalue weighted by atomic mass is 32.2. The average molecular weight is 275 g/mol. The van der Waals surface area contributed by atoms with Crippen molar-refractivity contribution in [3.63, 3.8) is 0 Å². The van der Waals surface area contributed by atoms with Gasteiger partial charge in [-0.15, -0.1) is 0 Å². The van der Waals surface area contributed by atoms with Crippen LogP contribution in [0.15, 0.2) is 4.99 Å². The van der Waals surface area contributed by atoms with Crippen molar-refractivity contribution in [1.82, 2.24) is 5.32 Å². The van der Waals surface area contributed by atoms with E-state index in [9.17, 15) is 8.42 Å². The quantitative estimate of drug-likeness (QED) is 0.340. The van der Waals surface area contributed by atoms with E-state index in [-0.39, 0.29) is 5.75 Å². The molecule has 0 aliphatic heterocycles. The molecule has 3 N–H and O–H groups in total. The molecule has 0 aromatic heterocycles. The first-order chi connectivity index (χ1) is 8.47. The lowest BCUT2D eigenvalue weighted by molar-refractivity contribution is 0.530. The fraction of sp³-hybridized carbons (Fsp3) is 0.917. The second-order valence-electron chi connectivity index (χ2n) is 5.08. The first-order valence-corrected chi connectivity index (χ1v) is 8.77. The van der Waals surface area contributed by atoms with E-state index in [1.807, 2.05) is 0 Å². The number of rotatable bonds is 5. The van der Waals surface area contributed by atoms with Crippen LogP contribution in [0.2, 0.25) is 0 Å². The zero-order valence-corrected chi connectivity index (χ0v) is 12.0. The van der Waals surface area contributed by atoms with Crippen LogP contribution in [0.1, 0.15) is 44.9 Å². The molecular weight excluding hydrogens is 250 g/mol. The molecule has 0 aromatic carbocycles. The Bertz CT molecular complexity index is 358. The Hall–Kier alpha value is -0.780. The molecule has 106 valence electrons. The maximum absolute atomic E-state index is 10.9. The zero-order valence-electron chi connectivity index (χ0n) is 11.2. The van der Waals surface area contributed by atoms with Crippen molar-refractivity contribution < 1.29 is 8.42 Å². The molecule has 0 amide bonds. The second kappa shape index (κ2) is 7.61. The van der Waals surface area contributed by atoms with Crippen molar-refractivity contribution >= 4 is 15.8 Å².